The second kappa shape index (κ2) is 7.39. The summed E-state index contributed by atoms with van der Waals surface area (Å²) in [6.07, 6.45) is 1.50. The number of hydrogen-bond acceptors (Lipinski definition) is 5. The van der Waals surface area contributed by atoms with Gasteiger partial charge in [0.15, 0.2) is 0 Å². The number of esters is 1. The molecule has 0 saturated carbocycles. The van der Waals surface area contributed by atoms with Crippen LogP contribution in [0.25, 0.3) is 0 Å². The number of hydrogen-bond donors (Lipinski definition) is 1. The molecule has 0 amide bonds. The van der Waals surface area contributed by atoms with Crippen molar-refractivity contribution in [2.75, 3.05) is 12.8 Å². The van der Waals surface area contributed by atoms with Gasteiger partial charge in [0.1, 0.15) is 11.9 Å². The Kier molecular flexibility index (Phi) is 6.98. The van der Waals surface area contributed by atoms with Gasteiger partial charge in [-0.05, 0) is 20.3 Å². The van der Waals surface area contributed by atoms with Crippen LogP contribution in [-0.4, -0.2) is 39.1 Å². The largest absolute Gasteiger partial charge is 0.461 e. The Morgan fingerprint density at radius 2 is 1.88 bits per heavy atom. The van der Waals surface area contributed by atoms with Crippen molar-refractivity contribution < 1.29 is 22.7 Å². The first-order valence-corrected chi connectivity index (χ1v) is 7.23. The molecule has 0 spiro atoms. The molecular weight excluding hydrogens is 246 g/mol. The number of sulfonamides is 1. The highest BCUT2D eigenvalue weighted by Crippen LogP contribution is 2.01. The van der Waals surface area contributed by atoms with Crippen LogP contribution in [0, 0.1) is 0 Å². The van der Waals surface area contributed by atoms with Gasteiger partial charge >= 0.3 is 5.97 Å². The molecule has 0 aromatic rings. The van der Waals surface area contributed by atoms with Gasteiger partial charge in [-0.3, -0.25) is 4.79 Å². The molecule has 0 aliphatic heterocycles. The highest BCUT2D eigenvalue weighted by molar-refractivity contribution is 7.88. The van der Waals surface area contributed by atoms with E-state index in [1.807, 2.05) is 0 Å². The molecule has 17 heavy (non-hydrogen) atoms. The first-order chi connectivity index (χ1) is 7.70. The highest BCUT2D eigenvalue weighted by Gasteiger charge is 2.11. The van der Waals surface area contributed by atoms with Crippen LogP contribution in [0.1, 0.15) is 33.1 Å². The van der Waals surface area contributed by atoms with Gasteiger partial charge in [-0.1, -0.05) is 0 Å². The highest BCUT2D eigenvalue weighted by atomic mass is 32.2. The SMILES string of the molecule is CC(=O)CCCC(=O)O[C@@H](C)CNS(C)(=O)=O. The second-order valence-electron chi connectivity index (χ2n) is 3.98. The number of ketones is 1. The standard InChI is InChI=1S/C10H19NO5S/c1-8(12)5-4-6-10(13)16-9(2)7-11-17(3,14)15/h9,11H,4-7H2,1-3H3/t9-/m0/s1. The monoisotopic (exact) mass is 265 g/mol. The maximum Gasteiger partial charge on any atom is 0.306 e. The summed E-state index contributed by atoms with van der Waals surface area (Å²) in [6, 6.07) is 0. The van der Waals surface area contributed by atoms with Crippen molar-refractivity contribution in [3.63, 3.8) is 0 Å². The fraction of sp³-hybridized carbons (Fsp3) is 0.800. The zero-order valence-electron chi connectivity index (χ0n) is 10.4. The van der Waals surface area contributed by atoms with Crippen LogP contribution in [0.3, 0.4) is 0 Å². The van der Waals surface area contributed by atoms with Crippen molar-refractivity contribution in [2.24, 2.45) is 0 Å². The van der Waals surface area contributed by atoms with E-state index in [9.17, 15) is 18.0 Å². The van der Waals surface area contributed by atoms with Crippen LogP contribution >= 0.6 is 0 Å². The average Bonchev–Trinajstić information content (AvgIpc) is 2.13. The van der Waals surface area contributed by atoms with E-state index in [4.69, 9.17) is 4.74 Å². The lowest BCUT2D eigenvalue weighted by Gasteiger charge is -2.13. The van der Waals surface area contributed by atoms with E-state index in [0.717, 1.165) is 6.26 Å². The predicted molar refractivity (Wildman–Crippen MR) is 62.9 cm³/mol. The van der Waals surface area contributed by atoms with E-state index in [-0.39, 0.29) is 18.7 Å². The molecule has 0 rings (SSSR count). The zero-order valence-corrected chi connectivity index (χ0v) is 11.2. The number of nitrogens with one attached hydrogen (secondary N) is 1. The fourth-order valence-electron chi connectivity index (χ4n) is 1.08. The van der Waals surface area contributed by atoms with Crippen molar-refractivity contribution in [3.8, 4) is 0 Å². The molecule has 0 bridgehead atoms. The summed E-state index contributed by atoms with van der Waals surface area (Å²) in [7, 11) is -3.27. The predicted octanol–water partition coefficient (Wildman–Crippen LogP) is 0.227. The minimum atomic E-state index is -3.27. The molecule has 0 saturated heterocycles. The van der Waals surface area contributed by atoms with Gasteiger partial charge in [0.05, 0.1) is 6.26 Å². The second-order valence-corrected chi connectivity index (χ2v) is 5.81. The normalized spacial score (nSPS) is 13.1. The lowest BCUT2D eigenvalue weighted by Crippen LogP contribution is -2.32. The molecule has 0 unspecified atom stereocenters. The number of carbonyl (C=O) groups excluding carboxylic acids is 2. The lowest BCUT2D eigenvalue weighted by molar-refractivity contribution is -0.148. The third kappa shape index (κ3) is 11.3. The van der Waals surface area contributed by atoms with Crippen LogP contribution in [0.2, 0.25) is 0 Å². The van der Waals surface area contributed by atoms with Gasteiger partial charge in [0.25, 0.3) is 0 Å². The first-order valence-electron chi connectivity index (χ1n) is 5.34. The van der Waals surface area contributed by atoms with Crippen molar-refractivity contribution >= 4 is 21.8 Å². The van der Waals surface area contributed by atoms with E-state index >= 15 is 0 Å². The van der Waals surface area contributed by atoms with Gasteiger partial charge in [0.2, 0.25) is 10.0 Å². The minimum Gasteiger partial charge on any atom is -0.461 e. The Labute approximate surface area is 102 Å². The number of Topliss-reactive ketones (excluding diaryl/α,β-unsaturated/α-hetero) is 1. The van der Waals surface area contributed by atoms with Crippen LogP contribution < -0.4 is 4.72 Å². The molecule has 7 heteroatoms. The van der Waals surface area contributed by atoms with E-state index in [2.05, 4.69) is 4.72 Å². The molecule has 0 aliphatic rings. The molecule has 0 heterocycles. The van der Waals surface area contributed by atoms with E-state index in [1.54, 1.807) is 6.92 Å². The third-order valence-corrected chi connectivity index (χ3v) is 2.57. The Morgan fingerprint density at radius 3 is 2.35 bits per heavy atom. The zero-order chi connectivity index (χ0) is 13.5. The number of ether oxygens (including phenoxy) is 1. The van der Waals surface area contributed by atoms with Crippen molar-refractivity contribution in [3.05, 3.63) is 0 Å². The summed E-state index contributed by atoms with van der Waals surface area (Å²) >= 11 is 0. The van der Waals surface area contributed by atoms with Crippen LogP contribution in [-0.2, 0) is 24.3 Å². The van der Waals surface area contributed by atoms with Gasteiger partial charge in [-0.15, -0.1) is 0 Å². The molecule has 0 aromatic heterocycles. The van der Waals surface area contributed by atoms with Crippen LogP contribution in [0.15, 0.2) is 0 Å². The minimum absolute atomic E-state index is 0.0320. The summed E-state index contributed by atoms with van der Waals surface area (Å²) in [5.74, 6) is -0.390. The smallest absolute Gasteiger partial charge is 0.306 e. The number of rotatable bonds is 8. The topological polar surface area (TPSA) is 89.5 Å². The number of carbonyl (C=O) groups is 2. The molecule has 1 N–H and O–H groups in total. The molecule has 0 fully saturated rings. The molecule has 0 aliphatic carbocycles. The Hall–Kier alpha value is -0.950. The van der Waals surface area contributed by atoms with E-state index in [1.165, 1.54) is 6.92 Å². The van der Waals surface area contributed by atoms with Crippen molar-refractivity contribution in [1.29, 1.82) is 0 Å². The molecule has 6 nitrogen and oxygen atoms in total. The van der Waals surface area contributed by atoms with Crippen LogP contribution in [0.4, 0.5) is 0 Å². The van der Waals surface area contributed by atoms with Crippen molar-refractivity contribution in [1.82, 2.24) is 4.72 Å². The summed E-state index contributed by atoms with van der Waals surface area (Å²) in [5, 5.41) is 0. The Bertz CT molecular complexity index is 363. The van der Waals surface area contributed by atoms with Crippen LogP contribution in [0.5, 0.6) is 0 Å². The van der Waals surface area contributed by atoms with E-state index in [0.29, 0.717) is 12.8 Å². The molecule has 1 atom stereocenters. The summed E-state index contributed by atoms with van der Waals surface area (Å²) in [6.45, 7) is 3.11. The van der Waals surface area contributed by atoms with Gasteiger partial charge in [-0.2, -0.15) is 0 Å². The molecule has 0 radical (unpaired) electrons. The summed E-state index contributed by atoms with van der Waals surface area (Å²) in [5.41, 5.74) is 0. The Balaban J connectivity index is 3.77. The van der Waals surface area contributed by atoms with E-state index < -0.39 is 22.1 Å². The fourth-order valence-corrected chi connectivity index (χ4v) is 1.61. The quantitative estimate of drug-likeness (QED) is 0.634. The molecular formula is C10H19NO5S. The molecule has 100 valence electrons. The lowest BCUT2D eigenvalue weighted by atomic mass is 10.2. The maximum absolute atomic E-state index is 11.2. The van der Waals surface area contributed by atoms with Gasteiger partial charge in [0, 0.05) is 19.4 Å². The first kappa shape index (κ1) is 16.1. The molecule has 0 aromatic carbocycles. The summed E-state index contributed by atoms with van der Waals surface area (Å²) < 4.78 is 28.8. The van der Waals surface area contributed by atoms with Gasteiger partial charge < -0.3 is 9.53 Å². The van der Waals surface area contributed by atoms with Gasteiger partial charge in [-0.25, -0.2) is 13.1 Å². The summed E-state index contributed by atoms with van der Waals surface area (Å²) in [4.78, 5) is 21.9. The van der Waals surface area contributed by atoms with Crippen molar-refractivity contribution in [2.45, 2.75) is 39.2 Å². The third-order valence-electron chi connectivity index (χ3n) is 1.88. The Morgan fingerprint density at radius 1 is 1.29 bits per heavy atom. The maximum atomic E-state index is 11.2. The average molecular weight is 265 g/mol.